The zero-order valence-electron chi connectivity index (χ0n) is 16.3. The molecule has 1 saturated heterocycles. The van der Waals surface area contributed by atoms with Gasteiger partial charge in [0.25, 0.3) is 6.01 Å². The van der Waals surface area contributed by atoms with Crippen LogP contribution < -0.4 is 15.0 Å². The number of carbonyl (C=O) groups excluding carboxylic acids is 1. The number of aromatic nitrogens is 1. The summed E-state index contributed by atoms with van der Waals surface area (Å²) in [6, 6.07) is 12.1. The molecule has 0 spiro atoms. The van der Waals surface area contributed by atoms with Crippen LogP contribution in [0.4, 0.5) is 24.9 Å². The second-order valence-electron chi connectivity index (χ2n) is 7.26. The number of nitrogens with one attached hydrogen (secondary N) is 1. The SMILES string of the molecule is O=C(Nc1cc(Cl)ccc1OCC(F)(F)F)C1CCN(c2nc3ccccc3o2)CC1. The number of nitrogens with zero attached hydrogens (tertiary/aromatic N) is 2. The zero-order valence-corrected chi connectivity index (χ0v) is 17.0. The molecule has 0 saturated carbocycles. The Labute approximate surface area is 180 Å². The number of oxazole rings is 1. The molecule has 1 amide bonds. The van der Waals surface area contributed by atoms with Crippen molar-refractivity contribution in [3.63, 3.8) is 0 Å². The van der Waals surface area contributed by atoms with Crippen LogP contribution in [0.25, 0.3) is 11.1 Å². The molecule has 1 aliphatic heterocycles. The lowest BCUT2D eigenvalue weighted by atomic mass is 9.96. The van der Waals surface area contributed by atoms with Gasteiger partial charge in [-0.3, -0.25) is 4.79 Å². The molecule has 2 heterocycles. The lowest BCUT2D eigenvalue weighted by Crippen LogP contribution is -2.38. The number of hydrogen-bond acceptors (Lipinski definition) is 5. The van der Waals surface area contributed by atoms with Crippen LogP contribution in [-0.4, -0.2) is 36.8 Å². The van der Waals surface area contributed by atoms with Crippen LogP contribution in [0.2, 0.25) is 5.02 Å². The highest BCUT2D eigenvalue weighted by atomic mass is 35.5. The Kier molecular flexibility index (Phi) is 5.95. The van der Waals surface area contributed by atoms with E-state index in [9.17, 15) is 18.0 Å². The maximum atomic E-state index is 12.7. The molecule has 1 fully saturated rings. The number of fused-ring (bicyclic) bond motifs is 1. The zero-order chi connectivity index (χ0) is 22.0. The topological polar surface area (TPSA) is 67.6 Å². The molecule has 0 unspecified atom stereocenters. The molecule has 2 aromatic carbocycles. The fourth-order valence-corrected chi connectivity index (χ4v) is 3.62. The Morgan fingerprint density at radius 3 is 2.68 bits per heavy atom. The summed E-state index contributed by atoms with van der Waals surface area (Å²) in [5.74, 6) is -0.689. The van der Waals surface area contributed by atoms with E-state index in [0.29, 0.717) is 37.5 Å². The third-order valence-electron chi connectivity index (χ3n) is 5.01. The Bertz CT molecular complexity index is 1050. The number of benzene rings is 2. The van der Waals surface area contributed by atoms with Gasteiger partial charge in [-0.05, 0) is 43.2 Å². The molecule has 1 aromatic heterocycles. The number of amides is 1. The minimum atomic E-state index is -4.49. The third-order valence-corrected chi connectivity index (χ3v) is 5.24. The van der Waals surface area contributed by atoms with Crippen molar-refractivity contribution in [3.05, 3.63) is 47.5 Å². The average Bonchev–Trinajstić information content (AvgIpc) is 3.17. The van der Waals surface area contributed by atoms with Crippen LogP contribution >= 0.6 is 11.6 Å². The summed E-state index contributed by atoms with van der Waals surface area (Å²) in [6.45, 7) is -0.323. The first kappa shape index (κ1) is 21.3. The molecular weight excluding hydrogens is 435 g/mol. The molecule has 31 heavy (non-hydrogen) atoms. The van der Waals surface area contributed by atoms with Crippen LogP contribution in [0.3, 0.4) is 0 Å². The van der Waals surface area contributed by atoms with E-state index in [1.807, 2.05) is 29.2 Å². The van der Waals surface area contributed by atoms with Gasteiger partial charge in [0.1, 0.15) is 11.3 Å². The summed E-state index contributed by atoms with van der Waals surface area (Å²) in [4.78, 5) is 19.2. The summed E-state index contributed by atoms with van der Waals surface area (Å²) >= 11 is 5.94. The highest BCUT2D eigenvalue weighted by Crippen LogP contribution is 2.32. The third kappa shape index (κ3) is 5.22. The predicted molar refractivity (Wildman–Crippen MR) is 111 cm³/mol. The molecule has 0 atom stereocenters. The lowest BCUT2D eigenvalue weighted by Gasteiger charge is -2.30. The van der Waals surface area contributed by atoms with Gasteiger partial charge in [0.15, 0.2) is 12.2 Å². The van der Waals surface area contributed by atoms with E-state index in [1.165, 1.54) is 18.2 Å². The smallest absolute Gasteiger partial charge is 0.422 e. The molecule has 0 bridgehead atoms. The van der Waals surface area contributed by atoms with Gasteiger partial charge in [0.05, 0.1) is 5.69 Å². The van der Waals surface area contributed by atoms with Crippen molar-refractivity contribution >= 4 is 40.3 Å². The van der Waals surface area contributed by atoms with Gasteiger partial charge in [-0.25, -0.2) is 0 Å². The average molecular weight is 454 g/mol. The van der Waals surface area contributed by atoms with Crippen molar-refractivity contribution in [2.45, 2.75) is 19.0 Å². The first-order chi connectivity index (χ1) is 14.8. The quantitative estimate of drug-likeness (QED) is 0.569. The van der Waals surface area contributed by atoms with Crippen LogP contribution in [-0.2, 0) is 4.79 Å². The highest BCUT2D eigenvalue weighted by molar-refractivity contribution is 6.31. The minimum Gasteiger partial charge on any atom is -0.482 e. The molecule has 3 aromatic rings. The van der Waals surface area contributed by atoms with Gasteiger partial charge in [0, 0.05) is 24.0 Å². The number of piperidine rings is 1. The standard InChI is InChI=1S/C21H19ClF3N3O3/c22-14-5-6-17(30-12-21(23,24)25)16(11-14)26-19(29)13-7-9-28(10-8-13)20-27-15-3-1-2-4-18(15)31-20/h1-6,11,13H,7-10,12H2,(H,26,29). The largest absolute Gasteiger partial charge is 0.482 e. The van der Waals surface area contributed by atoms with Crippen molar-refractivity contribution in [1.82, 2.24) is 4.98 Å². The second kappa shape index (κ2) is 8.66. The molecule has 0 aliphatic carbocycles. The molecular formula is C21H19ClF3N3O3. The van der Waals surface area contributed by atoms with Crippen molar-refractivity contribution in [2.24, 2.45) is 5.92 Å². The normalized spacial score (nSPS) is 15.3. The van der Waals surface area contributed by atoms with E-state index >= 15 is 0 Å². The Balaban J connectivity index is 1.38. The first-order valence-corrected chi connectivity index (χ1v) is 10.1. The summed E-state index contributed by atoms with van der Waals surface area (Å²) in [7, 11) is 0. The number of para-hydroxylation sites is 2. The summed E-state index contributed by atoms with van der Waals surface area (Å²) in [5.41, 5.74) is 1.58. The van der Waals surface area contributed by atoms with E-state index in [4.69, 9.17) is 20.8 Å². The van der Waals surface area contributed by atoms with Gasteiger partial charge in [-0.2, -0.15) is 18.2 Å². The van der Waals surface area contributed by atoms with E-state index in [2.05, 4.69) is 10.3 Å². The van der Waals surface area contributed by atoms with Gasteiger partial charge in [0.2, 0.25) is 5.91 Å². The van der Waals surface area contributed by atoms with Crippen molar-refractivity contribution in [1.29, 1.82) is 0 Å². The maximum absolute atomic E-state index is 12.7. The lowest BCUT2D eigenvalue weighted by molar-refractivity contribution is -0.153. The van der Waals surface area contributed by atoms with Crippen LogP contribution in [0.5, 0.6) is 5.75 Å². The number of anilines is 2. The number of hydrogen-bond donors (Lipinski definition) is 1. The van der Waals surface area contributed by atoms with Gasteiger partial charge in [-0.1, -0.05) is 23.7 Å². The number of alkyl halides is 3. The molecule has 6 nitrogen and oxygen atoms in total. The summed E-state index contributed by atoms with van der Waals surface area (Å²) < 4.78 is 48.1. The van der Waals surface area contributed by atoms with Crippen molar-refractivity contribution < 1.29 is 27.1 Å². The predicted octanol–water partition coefficient (Wildman–Crippen LogP) is 5.28. The van der Waals surface area contributed by atoms with E-state index < -0.39 is 12.8 Å². The maximum Gasteiger partial charge on any atom is 0.422 e. The molecule has 1 aliphatic rings. The minimum absolute atomic E-state index is 0.0843. The number of halogens is 4. The van der Waals surface area contributed by atoms with Crippen molar-refractivity contribution in [3.8, 4) is 5.75 Å². The fourth-order valence-electron chi connectivity index (χ4n) is 3.45. The van der Waals surface area contributed by atoms with Gasteiger partial charge in [-0.15, -0.1) is 0 Å². The molecule has 1 N–H and O–H groups in total. The van der Waals surface area contributed by atoms with Gasteiger partial charge >= 0.3 is 6.18 Å². The summed E-state index contributed by atoms with van der Waals surface area (Å²) in [6.07, 6.45) is -3.40. The second-order valence-corrected chi connectivity index (χ2v) is 7.70. The molecule has 4 rings (SSSR count). The van der Waals surface area contributed by atoms with Gasteiger partial charge < -0.3 is 19.4 Å². The van der Waals surface area contributed by atoms with E-state index in [-0.39, 0.29) is 28.3 Å². The summed E-state index contributed by atoms with van der Waals surface area (Å²) in [5, 5.41) is 2.94. The monoisotopic (exact) mass is 453 g/mol. The van der Waals surface area contributed by atoms with Crippen molar-refractivity contribution in [2.75, 3.05) is 29.9 Å². The Hall–Kier alpha value is -2.94. The van der Waals surface area contributed by atoms with Crippen LogP contribution in [0, 0.1) is 5.92 Å². The number of carbonyl (C=O) groups is 1. The number of rotatable bonds is 5. The first-order valence-electron chi connectivity index (χ1n) is 9.69. The Morgan fingerprint density at radius 2 is 1.97 bits per heavy atom. The van der Waals surface area contributed by atoms with Crippen LogP contribution in [0.1, 0.15) is 12.8 Å². The highest BCUT2D eigenvalue weighted by Gasteiger charge is 2.30. The van der Waals surface area contributed by atoms with E-state index in [0.717, 1.165) is 5.52 Å². The fraction of sp³-hybridized carbons (Fsp3) is 0.333. The molecule has 0 radical (unpaired) electrons. The molecule has 164 valence electrons. The van der Waals surface area contributed by atoms with Crippen LogP contribution in [0.15, 0.2) is 46.9 Å². The number of ether oxygens (including phenoxy) is 1. The Morgan fingerprint density at radius 1 is 1.23 bits per heavy atom. The molecule has 10 heteroatoms. The van der Waals surface area contributed by atoms with E-state index in [1.54, 1.807) is 0 Å².